The van der Waals surface area contributed by atoms with Gasteiger partial charge in [-0.05, 0) is 79.8 Å². The summed E-state index contributed by atoms with van der Waals surface area (Å²) in [5, 5.41) is 9.68. The Kier molecular flexibility index (Phi) is 5.54. The maximum atomic E-state index is 6.58. The highest BCUT2D eigenvalue weighted by molar-refractivity contribution is 6.12. The van der Waals surface area contributed by atoms with Gasteiger partial charge in [-0.3, -0.25) is 0 Å². The summed E-state index contributed by atoms with van der Waals surface area (Å²) in [4.78, 5) is 2.34. The van der Waals surface area contributed by atoms with Crippen LogP contribution in [0.3, 0.4) is 0 Å². The SMILES string of the molecule is c1cc(-c2cccc3ccccc23)cc(N(c2ccc3c(ccc4ccccc43)c2)c2cccc3c2oc2ccccc23)c1. The molecule has 44 heavy (non-hydrogen) atoms. The molecule has 0 fully saturated rings. The average molecular weight is 562 g/mol. The van der Waals surface area contributed by atoms with E-state index in [1.165, 1.54) is 43.4 Å². The van der Waals surface area contributed by atoms with E-state index in [9.17, 15) is 0 Å². The lowest BCUT2D eigenvalue weighted by Gasteiger charge is -2.26. The van der Waals surface area contributed by atoms with Gasteiger partial charge in [0.25, 0.3) is 0 Å². The molecule has 2 nitrogen and oxygen atoms in total. The van der Waals surface area contributed by atoms with Crippen LogP contribution in [0, 0.1) is 0 Å². The van der Waals surface area contributed by atoms with Crippen LogP contribution in [0.2, 0.25) is 0 Å². The second-order valence-electron chi connectivity index (χ2n) is 11.4. The molecule has 0 saturated carbocycles. The molecule has 0 N–H and O–H groups in total. The first-order valence-corrected chi connectivity index (χ1v) is 15.0. The second-order valence-corrected chi connectivity index (χ2v) is 11.4. The topological polar surface area (TPSA) is 16.4 Å². The summed E-state index contributed by atoms with van der Waals surface area (Å²) in [5.74, 6) is 0. The fourth-order valence-electron chi connectivity index (χ4n) is 6.76. The zero-order valence-corrected chi connectivity index (χ0v) is 23.9. The van der Waals surface area contributed by atoms with Crippen LogP contribution in [-0.4, -0.2) is 0 Å². The van der Waals surface area contributed by atoms with Crippen molar-refractivity contribution in [2.45, 2.75) is 0 Å². The first-order valence-electron chi connectivity index (χ1n) is 15.0. The van der Waals surface area contributed by atoms with Crippen LogP contribution >= 0.6 is 0 Å². The van der Waals surface area contributed by atoms with Gasteiger partial charge < -0.3 is 9.32 Å². The minimum Gasteiger partial charge on any atom is -0.454 e. The van der Waals surface area contributed by atoms with E-state index in [-0.39, 0.29) is 0 Å². The van der Waals surface area contributed by atoms with Gasteiger partial charge >= 0.3 is 0 Å². The lowest BCUT2D eigenvalue weighted by molar-refractivity contribution is 0.669. The van der Waals surface area contributed by atoms with E-state index in [1.807, 2.05) is 12.1 Å². The number of rotatable bonds is 4. The minimum atomic E-state index is 0.878. The summed E-state index contributed by atoms with van der Waals surface area (Å²) in [6.07, 6.45) is 0. The molecule has 0 atom stereocenters. The summed E-state index contributed by atoms with van der Waals surface area (Å²) in [7, 11) is 0. The van der Waals surface area contributed by atoms with Crippen molar-refractivity contribution in [2.75, 3.05) is 4.90 Å². The molecule has 0 aliphatic heterocycles. The Morgan fingerprint density at radius 3 is 1.93 bits per heavy atom. The molecule has 1 heterocycles. The van der Waals surface area contributed by atoms with Crippen molar-refractivity contribution in [3.05, 3.63) is 164 Å². The molecule has 0 radical (unpaired) electrons. The Bertz CT molecular complexity index is 2520. The van der Waals surface area contributed by atoms with Crippen LogP contribution < -0.4 is 4.90 Å². The smallest absolute Gasteiger partial charge is 0.159 e. The third kappa shape index (κ3) is 3.89. The maximum Gasteiger partial charge on any atom is 0.159 e. The van der Waals surface area contributed by atoms with E-state index in [0.29, 0.717) is 0 Å². The normalized spacial score (nSPS) is 11.6. The molecule has 206 valence electrons. The minimum absolute atomic E-state index is 0.878. The number of nitrogens with zero attached hydrogens (tertiary/aromatic N) is 1. The third-order valence-electron chi connectivity index (χ3n) is 8.82. The van der Waals surface area contributed by atoms with E-state index in [0.717, 1.165) is 39.0 Å². The first-order chi connectivity index (χ1) is 21.8. The molecule has 0 aliphatic rings. The van der Waals surface area contributed by atoms with E-state index in [1.54, 1.807) is 0 Å². The molecule has 1 aromatic heterocycles. The number of furan rings is 1. The molecule has 9 rings (SSSR count). The average Bonchev–Trinajstić information content (AvgIpc) is 3.48. The summed E-state index contributed by atoms with van der Waals surface area (Å²) in [5.41, 5.74) is 7.32. The van der Waals surface area contributed by atoms with Crippen molar-refractivity contribution >= 4 is 71.3 Å². The number of fused-ring (bicyclic) bond motifs is 7. The van der Waals surface area contributed by atoms with Gasteiger partial charge in [-0.15, -0.1) is 0 Å². The van der Waals surface area contributed by atoms with Gasteiger partial charge in [0.1, 0.15) is 5.58 Å². The van der Waals surface area contributed by atoms with Crippen molar-refractivity contribution in [2.24, 2.45) is 0 Å². The van der Waals surface area contributed by atoms with Gasteiger partial charge in [0, 0.05) is 22.1 Å². The van der Waals surface area contributed by atoms with E-state index in [4.69, 9.17) is 4.42 Å². The van der Waals surface area contributed by atoms with Gasteiger partial charge in [0.15, 0.2) is 5.58 Å². The monoisotopic (exact) mass is 561 g/mol. The van der Waals surface area contributed by atoms with Crippen LogP contribution in [-0.2, 0) is 0 Å². The zero-order valence-electron chi connectivity index (χ0n) is 23.9. The van der Waals surface area contributed by atoms with Crippen molar-refractivity contribution in [1.29, 1.82) is 0 Å². The van der Waals surface area contributed by atoms with Gasteiger partial charge in [0.05, 0.1) is 5.69 Å². The molecule has 0 bridgehead atoms. The van der Waals surface area contributed by atoms with Crippen LogP contribution in [0.5, 0.6) is 0 Å². The predicted molar refractivity (Wildman–Crippen MR) is 186 cm³/mol. The number of para-hydroxylation sites is 2. The molecule has 2 heteroatoms. The van der Waals surface area contributed by atoms with E-state index >= 15 is 0 Å². The lowest BCUT2D eigenvalue weighted by Crippen LogP contribution is -2.10. The predicted octanol–water partition coefficient (Wildman–Crippen LogP) is 12.2. The largest absolute Gasteiger partial charge is 0.454 e. The van der Waals surface area contributed by atoms with E-state index < -0.39 is 0 Å². The third-order valence-corrected chi connectivity index (χ3v) is 8.82. The molecule has 8 aromatic carbocycles. The zero-order chi connectivity index (χ0) is 29.0. The molecular formula is C42H27NO. The van der Waals surface area contributed by atoms with Crippen LogP contribution in [0.4, 0.5) is 17.1 Å². The Hall–Kier alpha value is -5.86. The van der Waals surface area contributed by atoms with Crippen molar-refractivity contribution < 1.29 is 4.42 Å². The Morgan fingerprint density at radius 2 is 1.02 bits per heavy atom. The molecule has 0 amide bonds. The highest BCUT2D eigenvalue weighted by Gasteiger charge is 2.20. The van der Waals surface area contributed by atoms with Gasteiger partial charge in [-0.2, -0.15) is 0 Å². The van der Waals surface area contributed by atoms with Gasteiger partial charge in [-0.1, -0.05) is 127 Å². The summed E-state index contributed by atoms with van der Waals surface area (Å²) >= 11 is 0. The quantitative estimate of drug-likeness (QED) is 0.199. The van der Waals surface area contributed by atoms with Crippen molar-refractivity contribution in [3.8, 4) is 11.1 Å². The number of benzene rings is 8. The van der Waals surface area contributed by atoms with Gasteiger partial charge in [-0.25, -0.2) is 0 Å². The van der Waals surface area contributed by atoms with Crippen molar-refractivity contribution in [1.82, 2.24) is 0 Å². The second kappa shape index (κ2) is 9.86. The first kappa shape index (κ1) is 24.7. The maximum absolute atomic E-state index is 6.58. The molecule has 0 aliphatic carbocycles. The molecule has 0 saturated heterocycles. The number of hydrogen-bond donors (Lipinski definition) is 0. The standard InChI is InChI=1S/C42H27NO/c1-3-15-34-28(10-1)12-8-18-36(34)30-13-7-14-32(26-30)43(40-20-9-19-39-38-17-5-6-21-41(38)44-42(39)40)33-24-25-37-31(27-33)23-22-29-11-2-4-16-35(29)37/h1-27H. The highest BCUT2D eigenvalue weighted by atomic mass is 16.3. The molecular weight excluding hydrogens is 534 g/mol. The number of hydrogen-bond acceptors (Lipinski definition) is 2. The summed E-state index contributed by atoms with van der Waals surface area (Å²) in [6.45, 7) is 0. The fourth-order valence-corrected chi connectivity index (χ4v) is 6.76. The van der Waals surface area contributed by atoms with Crippen LogP contribution in [0.15, 0.2) is 168 Å². The summed E-state index contributed by atoms with van der Waals surface area (Å²) in [6, 6.07) is 58.6. The molecule has 0 unspecified atom stereocenters. The lowest BCUT2D eigenvalue weighted by atomic mass is 9.97. The highest BCUT2D eigenvalue weighted by Crippen LogP contribution is 2.44. The van der Waals surface area contributed by atoms with Crippen LogP contribution in [0.25, 0.3) is 65.4 Å². The molecule has 0 spiro atoms. The number of anilines is 3. The molecule has 9 aromatic rings. The Labute approximate surface area is 255 Å². The Morgan fingerprint density at radius 1 is 0.386 bits per heavy atom. The van der Waals surface area contributed by atoms with E-state index in [2.05, 4.69) is 157 Å². The van der Waals surface area contributed by atoms with Crippen LogP contribution in [0.1, 0.15) is 0 Å². The fraction of sp³-hybridized carbons (Fsp3) is 0. The van der Waals surface area contributed by atoms with Gasteiger partial charge in [0.2, 0.25) is 0 Å². The Balaban J connectivity index is 1.30. The summed E-state index contributed by atoms with van der Waals surface area (Å²) < 4.78 is 6.58. The van der Waals surface area contributed by atoms with Crippen molar-refractivity contribution in [3.63, 3.8) is 0 Å².